The maximum Gasteiger partial charge on any atom is 0.262 e. The number of benzene rings is 2. The molecule has 138 valence electrons. The van der Waals surface area contributed by atoms with Crippen molar-refractivity contribution in [3.05, 3.63) is 71.7 Å². The van der Waals surface area contributed by atoms with Crippen LogP contribution in [0.3, 0.4) is 0 Å². The van der Waals surface area contributed by atoms with Crippen LogP contribution in [0.1, 0.15) is 15.9 Å². The average molecular weight is 381 g/mol. The Morgan fingerprint density at radius 2 is 1.67 bits per heavy atom. The molecule has 1 aliphatic heterocycles. The predicted molar refractivity (Wildman–Crippen MR) is 109 cm³/mol. The molecule has 0 radical (unpaired) electrons. The van der Waals surface area contributed by atoms with E-state index in [1.165, 1.54) is 24.3 Å². The van der Waals surface area contributed by atoms with E-state index in [9.17, 15) is 9.18 Å². The monoisotopic (exact) mass is 381 g/mol. The molecular weight excluding hydrogens is 361 g/mol. The van der Waals surface area contributed by atoms with Crippen molar-refractivity contribution in [2.45, 2.75) is 0 Å². The summed E-state index contributed by atoms with van der Waals surface area (Å²) in [5.41, 5.74) is 2.13. The molecule has 2 heterocycles. The molecule has 4 nitrogen and oxygen atoms in total. The van der Waals surface area contributed by atoms with Crippen LogP contribution >= 0.6 is 12.2 Å². The first kappa shape index (κ1) is 17.8. The third-order valence-electron chi connectivity index (χ3n) is 5.04. The van der Waals surface area contributed by atoms with Crippen LogP contribution in [-0.2, 0) is 0 Å². The van der Waals surface area contributed by atoms with Crippen molar-refractivity contribution in [2.75, 3.05) is 33.2 Å². The number of likely N-dealkylation sites (N-methyl/N-ethyl adjacent to an activating group) is 1. The third kappa shape index (κ3) is 3.38. The number of hydrogen-bond donors (Lipinski definition) is 0. The Morgan fingerprint density at radius 1 is 1.00 bits per heavy atom. The van der Waals surface area contributed by atoms with Crippen LogP contribution in [0.4, 0.5) is 4.39 Å². The Morgan fingerprint density at radius 3 is 2.37 bits per heavy atom. The first-order valence-electron chi connectivity index (χ1n) is 8.93. The first-order valence-corrected chi connectivity index (χ1v) is 9.33. The highest BCUT2D eigenvalue weighted by molar-refractivity contribution is 7.80. The van der Waals surface area contributed by atoms with E-state index in [2.05, 4.69) is 16.8 Å². The summed E-state index contributed by atoms with van der Waals surface area (Å²) in [7, 11) is 2.10. The molecule has 6 heteroatoms. The fraction of sp³-hybridized carbons (Fsp3) is 0.238. The molecule has 1 aliphatic rings. The Bertz CT molecular complexity index is 1000. The zero-order chi connectivity index (χ0) is 19.0. The van der Waals surface area contributed by atoms with Crippen molar-refractivity contribution in [3.8, 4) is 0 Å². The van der Waals surface area contributed by atoms with Gasteiger partial charge in [-0.1, -0.05) is 30.4 Å². The van der Waals surface area contributed by atoms with Crippen molar-refractivity contribution in [1.29, 1.82) is 0 Å². The number of halogens is 1. The number of carbonyl (C=O) groups is 1. The third-order valence-corrected chi connectivity index (χ3v) is 5.52. The highest BCUT2D eigenvalue weighted by atomic mass is 32.1. The molecule has 0 aliphatic carbocycles. The van der Waals surface area contributed by atoms with Crippen LogP contribution in [-0.4, -0.2) is 58.5 Å². The Kier molecular flexibility index (Phi) is 4.76. The molecule has 0 saturated carbocycles. The summed E-state index contributed by atoms with van der Waals surface area (Å²) in [5.74, 6) is -0.556. The number of piperazine rings is 1. The molecule has 1 fully saturated rings. The van der Waals surface area contributed by atoms with Gasteiger partial charge in [-0.05, 0) is 37.4 Å². The van der Waals surface area contributed by atoms with E-state index in [-0.39, 0.29) is 11.7 Å². The Balaban J connectivity index is 1.74. The second-order valence-corrected chi connectivity index (χ2v) is 7.22. The molecule has 2 aromatic carbocycles. The average Bonchev–Trinajstić information content (AvgIpc) is 3.08. The smallest absolute Gasteiger partial charge is 0.262 e. The summed E-state index contributed by atoms with van der Waals surface area (Å²) < 4.78 is 14.8. The number of hydrogen-bond acceptors (Lipinski definition) is 3. The fourth-order valence-corrected chi connectivity index (χ4v) is 3.77. The van der Waals surface area contributed by atoms with Gasteiger partial charge in [-0.2, -0.15) is 0 Å². The minimum Gasteiger partial charge on any atom is -0.360 e. The minimum absolute atomic E-state index is 0.196. The minimum atomic E-state index is -0.360. The van der Waals surface area contributed by atoms with Gasteiger partial charge in [0.2, 0.25) is 0 Å². The topological polar surface area (TPSA) is 28.5 Å². The standard InChI is InChI=1S/C21H20FN3OS/c1-23-10-12-24(13-11-23)21(27)18-14-25(19-5-3-2-4-17(18)19)20(26)15-6-8-16(22)9-7-15/h2-9,14H,10-13H2,1H3. The number of fused-ring (bicyclic) bond motifs is 1. The highest BCUT2D eigenvalue weighted by Gasteiger charge is 2.22. The summed E-state index contributed by atoms with van der Waals surface area (Å²) in [6, 6.07) is 13.4. The summed E-state index contributed by atoms with van der Waals surface area (Å²) >= 11 is 5.77. The molecule has 0 bridgehead atoms. The lowest BCUT2D eigenvalue weighted by Gasteiger charge is -2.34. The summed E-state index contributed by atoms with van der Waals surface area (Å²) in [4.78, 5) is 18.2. The van der Waals surface area contributed by atoms with Gasteiger partial charge < -0.3 is 9.80 Å². The molecule has 0 unspecified atom stereocenters. The summed E-state index contributed by atoms with van der Waals surface area (Å²) in [5, 5.41) is 0.955. The van der Waals surface area contributed by atoms with Gasteiger partial charge in [-0.3, -0.25) is 9.36 Å². The lowest BCUT2D eigenvalue weighted by molar-refractivity contribution is 0.0965. The molecule has 0 spiro atoms. The van der Waals surface area contributed by atoms with Gasteiger partial charge in [0.15, 0.2) is 0 Å². The predicted octanol–water partition coefficient (Wildman–Crippen LogP) is 3.39. The molecule has 1 saturated heterocycles. The van der Waals surface area contributed by atoms with E-state index in [0.717, 1.165) is 47.6 Å². The van der Waals surface area contributed by atoms with Gasteiger partial charge in [-0.25, -0.2) is 4.39 Å². The van der Waals surface area contributed by atoms with Crippen LogP contribution < -0.4 is 0 Å². The lowest BCUT2D eigenvalue weighted by atomic mass is 10.1. The molecule has 3 aromatic rings. The number of rotatable bonds is 2. The number of nitrogens with zero attached hydrogens (tertiary/aromatic N) is 3. The van der Waals surface area contributed by atoms with E-state index >= 15 is 0 Å². The SMILES string of the molecule is CN1CCN(C(=S)c2cn(C(=O)c3ccc(F)cc3)c3ccccc23)CC1. The molecule has 4 rings (SSSR count). The Labute approximate surface area is 162 Å². The van der Waals surface area contributed by atoms with Gasteiger partial charge in [0.05, 0.1) is 5.52 Å². The molecule has 0 amide bonds. The largest absolute Gasteiger partial charge is 0.360 e. The van der Waals surface area contributed by atoms with Crippen molar-refractivity contribution in [1.82, 2.24) is 14.4 Å². The zero-order valence-corrected chi connectivity index (χ0v) is 15.9. The summed E-state index contributed by atoms with van der Waals surface area (Å²) in [6.07, 6.45) is 1.82. The van der Waals surface area contributed by atoms with Crippen LogP contribution in [0, 0.1) is 5.82 Å². The lowest BCUT2D eigenvalue weighted by Crippen LogP contribution is -2.46. The first-order chi connectivity index (χ1) is 13.0. The van der Waals surface area contributed by atoms with Crippen LogP contribution in [0.15, 0.2) is 54.7 Å². The van der Waals surface area contributed by atoms with Crippen molar-refractivity contribution < 1.29 is 9.18 Å². The zero-order valence-electron chi connectivity index (χ0n) is 15.1. The van der Waals surface area contributed by atoms with Gasteiger partial charge in [0, 0.05) is 48.9 Å². The van der Waals surface area contributed by atoms with Crippen molar-refractivity contribution in [2.24, 2.45) is 0 Å². The van der Waals surface area contributed by atoms with Gasteiger partial charge in [-0.15, -0.1) is 0 Å². The molecule has 27 heavy (non-hydrogen) atoms. The van der Waals surface area contributed by atoms with Gasteiger partial charge in [0.1, 0.15) is 10.8 Å². The van der Waals surface area contributed by atoms with Crippen LogP contribution in [0.5, 0.6) is 0 Å². The van der Waals surface area contributed by atoms with E-state index in [4.69, 9.17) is 12.2 Å². The molecule has 0 atom stereocenters. The number of aromatic nitrogens is 1. The van der Waals surface area contributed by atoms with E-state index < -0.39 is 0 Å². The summed E-state index contributed by atoms with van der Waals surface area (Å²) in [6.45, 7) is 3.68. The number of carbonyl (C=O) groups excluding carboxylic acids is 1. The fourth-order valence-electron chi connectivity index (χ4n) is 3.43. The quantitative estimate of drug-likeness (QED) is 0.636. The van der Waals surface area contributed by atoms with Gasteiger partial charge >= 0.3 is 0 Å². The van der Waals surface area contributed by atoms with Crippen molar-refractivity contribution in [3.63, 3.8) is 0 Å². The number of para-hydroxylation sites is 1. The maximum absolute atomic E-state index is 13.2. The molecule has 1 aromatic heterocycles. The van der Waals surface area contributed by atoms with Crippen LogP contribution in [0.2, 0.25) is 0 Å². The number of thiocarbonyl (C=S) groups is 1. The van der Waals surface area contributed by atoms with Crippen LogP contribution in [0.25, 0.3) is 10.9 Å². The maximum atomic E-state index is 13.2. The molecular formula is C21H20FN3OS. The second-order valence-electron chi connectivity index (χ2n) is 6.84. The van der Waals surface area contributed by atoms with Crippen molar-refractivity contribution >= 4 is 34.0 Å². The highest BCUT2D eigenvalue weighted by Crippen LogP contribution is 2.25. The second kappa shape index (κ2) is 7.21. The van der Waals surface area contributed by atoms with E-state index in [1.807, 2.05) is 30.5 Å². The van der Waals surface area contributed by atoms with E-state index in [0.29, 0.717) is 5.56 Å². The van der Waals surface area contributed by atoms with E-state index in [1.54, 1.807) is 4.57 Å². The molecule has 0 N–H and O–H groups in total. The van der Waals surface area contributed by atoms with Gasteiger partial charge in [0.25, 0.3) is 5.91 Å². The normalized spacial score (nSPS) is 15.3. The Hall–Kier alpha value is -2.57.